The number of para-hydroxylation sites is 1. The number of nitrogens with zero attached hydrogens (tertiary/aromatic N) is 3. The maximum Gasteiger partial charge on any atom is 0.266 e. The Morgan fingerprint density at radius 2 is 1.94 bits per heavy atom. The summed E-state index contributed by atoms with van der Waals surface area (Å²) in [5, 5.41) is 4.91. The van der Waals surface area contributed by atoms with Gasteiger partial charge in [-0.05, 0) is 54.1 Å². The molecular formula is C24H19BrN4O3S. The molecule has 4 rings (SSSR count). The lowest BCUT2D eigenvalue weighted by atomic mass is 10.2. The first-order chi connectivity index (χ1) is 16.0. The van der Waals surface area contributed by atoms with Gasteiger partial charge >= 0.3 is 0 Å². The number of ether oxygens (including phenoxy) is 1. The molecule has 1 heterocycles. The van der Waals surface area contributed by atoms with Gasteiger partial charge in [-0.3, -0.25) is 14.2 Å². The molecule has 0 saturated heterocycles. The number of aromatic nitrogens is 2. The number of nitrogens with one attached hydrogen (secondary N) is 1. The van der Waals surface area contributed by atoms with Gasteiger partial charge in [0.15, 0.2) is 5.16 Å². The number of benzene rings is 3. The summed E-state index contributed by atoms with van der Waals surface area (Å²) < 4.78 is 7.64. The van der Waals surface area contributed by atoms with E-state index in [2.05, 4.69) is 31.4 Å². The van der Waals surface area contributed by atoms with Gasteiger partial charge in [0, 0.05) is 4.47 Å². The quantitative estimate of drug-likeness (QED) is 0.168. The highest BCUT2D eigenvalue weighted by Gasteiger charge is 2.15. The molecule has 1 amide bonds. The fourth-order valence-corrected chi connectivity index (χ4v) is 4.32. The second kappa shape index (κ2) is 10.5. The van der Waals surface area contributed by atoms with Crippen molar-refractivity contribution < 1.29 is 9.53 Å². The molecule has 0 bridgehead atoms. The van der Waals surface area contributed by atoms with Gasteiger partial charge in [-0.15, -0.1) is 0 Å². The number of carbonyl (C=O) groups is 1. The van der Waals surface area contributed by atoms with E-state index in [1.165, 1.54) is 4.57 Å². The molecule has 166 valence electrons. The number of carbonyl (C=O) groups excluding carboxylic acids is 1. The number of hydrogen-bond donors (Lipinski definition) is 1. The Bertz CT molecular complexity index is 1390. The summed E-state index contributed by atoms with van der Waals surface area (Å²) in [5.74, 6) is 0.406. The summed E-state index contributed by atoms with van der Waals surface area (Å²) in [6.45, 7) is 0. The van der Waals surface area contributed by atoms with E-state index in [1.807, 2.05) is 30.3 Å². The number of amides is 1. The van der Waals surface area contributed by atoms with E-state index in [9.17, 15) is 9.59 Å². The summed E-state index contributed by atoms with van der Waals surface area (Å²) in [4.78, 5) is 30.3. The van der Waals surface area contributed by atoms with Gasteiger partial charge in [-0.2, -0.15) is 5.10 Å². The minimum absolute atomic E-state index is 0.0385. The molecule has 0 spiro atoms. The van der Waals surface area contributed by atoms with E-state index < -0.39 is 0 Å². The van der Waals surface area contributed by atoms with E-state index in [4.69, 9.17) is 4.74 Å². The van der Waals surface area contributed by atoms with Crippen LogP contribution in [0, 0.1) is 0 Å². The highest BCUT2D eigenvalue weighted by Crippen LogP contribution is 2.22. The number of hydrazone groups is 1. The summed E-state index contributed by atoms with van der Waals surface area (Å²) in [7, 11) is 1.58. The van der Waals surface area contributed by atoms with Crippen LogP contribution >= 0.6 is 27.7 Å². The van der Waals surface area contributed by atoms with Crippen LogP contribution in [0.2, 0.25) is 0 Å². The van der Waals surface area contributed by atoms with Gasteiger partial charge < -0.3 is 4.74 Å². The molecule has 0 unspecified atom stereocenters. The first-order valence-corrected chi connectivity index (χ1v) is 11.7. The highest BCUT2D eigenvalue weighted by molar-refractivity contribution is 9.10. The fraction of sp³-hybridized carbons (Fsp3) is 0.0833. The van der Waals surface area contributed by atoms with Crippen LogP contribution in [0.15, 0.2) is 92.3 Å². The Morgan fingerprint density at radius 1 is 1.15 bits per heavy atom. The number of methoxy groups -OCH3 is 1. The van der Waals surface area contributed by atoms with Crippen molar-refractivity contribution in [2.75, 3.05) is 12.9 Å². The Balaban J connectivity index is 1.57. The van der Waals surface area contributed by atoms with Crippen LogP contribution in [0.4, 0.5) is 0 Å². The molecule has 0 aliphatic heterocycles. The van der Waals surface area contributed by atoms with Crippen LogP contribution in [-0.2, 0) is 4.79 Å². The van der Waals surface area contributed by atoms with Crippen LogP contribution in [0.25, 0.3) is 16.6 Å². The van der Waals surface area contributed by atoms with Crippen molar-refractivity contribution in [3.05, 3.63) is 93.2 Å². The van der Waals surface area contributed by atoms with E-state index in [0.717, 1.165) is 21.8 Å². The first kappa shape index (κ1) is 22.8. The smallest absolute Gasteiger partial charge is 0.266 e. The van der Waals surface area contributed by atoms with Crippen LogP contribution in [-0.4, -0.2) is 34.5 Å². The van der Waals surface area contributed by atoms with Crippen LogP contribution < -0.4 is 15.7 Å². The molecule has 0 aliphatic rings. The van der Waals surface area contributed by atoms with Gasteiger partial charge in [-0.1, -0.05) is 52.0 Å². The Morgan fingerprint density at radius 3 is 2.70 bits per heavy atom. The number of thioether (sulfide) groups is 1. The summed E-state index contributed by atoms with van der Waals surface area (Å²) in [6, 6.07) is 21.8. The number of rotatable bonds is 7. The van der Waals surface area contributed by atoms with Crippen molar-refractivity contribution in [3.63, 3.8) is 0 Å². The molecule has 9 heteroatoms. The largest absolute Gasteiger partial charge is 0.497 e. The third kappa shape index (κ3) is 5.50. The third-order valence-electron chi connectivity index (χ3n) is 4.66. The molecule has 4 aromatic rings. The second-order valence-electron chi connectivity index (χ2n) is 6.89. The third-order valence-corrected chi connectivity index (χ3v) is 6.09. The van der Waals surface area contributed by atoms with Crippen molar-refractivity contribution in [2.24, 2.45) is 5.10 Å². The number of hydrogen-bond acceptors (Lipinski definition) is 6. The molecule has 0 fully saturated rings. The van der Waals surface area contributed by atoms with Crippen LogP contribution in [0.5, 0.6) is 5.75 Å². The van der Waals surface area contributed by atoms with Crippen molar-refractivity contribution in [3.8, 4) is 11.4 Å². The molecule has 3 aromatic carbocycles. The zero-order valence-corrected chi connectivity index (χ0v) is 20.0. The lowest BCUT2D eigenvalue weighted by molar-refractivity contribution is -0.118. The molecule has 0 atom stereocenters. The lowest BCUT2D eigenvalue weighted by Gasteiger charge is -2.13. The summed E-state index contributed by atoms with van der Waals surface area (Å²) in [5.41, 5.74) is 4.36. The van der Waals surface area contributed by atoms with Crippen LogP contribution in [0.3, 0.4) is 0 Å². The van der Waals surface area contributed by atoms with Crippen molar-refractivity contribution in [2.45, 2.75) is 5.16 Å². The second-order valence-corrected chi connectivity index (χ2v) is 8.75. The zero-order chi connectivity index (χ0) is 23.2. The fourth-order valence-electron chi connectivity index (χ4n) is 3.10. The van der Waals surface area contributed by atoms with E-state index in [1.54, 1.807) is 55.8 Å². The average Bonchev–Trinajstić information content (AvgIpc) is 2.83. The molecular weight excluding hydrogens is 504 g/mol. The zero-order valence-electron chi connectivity index (χ0n) is 17.6. The molecule has 33 heavy (non-hydrogen) atoms. The predicted molar refractivity (Wildman–Crippen MR) is 134 cm³/mol. The molecule has 7 nitrogen and oxygen atoms in total. The number of fused-ring (bicyclic) bond motifs is 1. The minimum atomic E-state index is -0.310. The van der Waals surface area contributed by atoms with Gasteiger partial charge in [-0.25, -0.2) is 10.4 Å². The maximum atomic E-state index is 13.3. The topological polar surface area (TPSA) is 85.6 Å². The van der Waals surface area contributed by atoms with E-state index in [0.29, 0.717) is 27.5 Å². The summed E-state index contributed by atoms with van der Waals surface area (Å²) >= 11 is 4.56. The maximum absolute atomic E-state index is 13.3. The van der Waals surface area contributed by atoms with Gasteiger partial charge in [0.05, 0.1) is 35.7 Å². The van der Waals surface area contributed by atoms with Crippen LogP contribution in [0.1, 0.15) is 5.56 Å². The minimum Gasteiger partial charge on any atom is -0.497 e. The number of halogens is 1. The molecule has 1 aromatic heterocycles. The van der Waals surface area contributed by atoms with Gasteiger partial charge in [0.1, 0.15) is 5.75 Å². The summed E-state index contributed by atoms with van der Waals surface area (Å²) in [6.07, 6.45) is 1.56. The molecule has 0 radical (unpaired) electrons. The van der Waals surface area contributed by atoms with Gasteiger partial charge in [0.2, 0.25) is 0 Å². The first-order valence-electron chi connectivity index (χ1n) is 9.91. The lowest BCUT2D eigenvalue weighted by Crippen LogP contribution is -2.24. The SMILES string of the molecule is COc1ccc(-n2c(SCC(=O)NN=Cc3cccc(Br)c3)nc3ccccc3c2=O)cc1. The standard InChI is InChI=1S/C24H19BrN4O3S/c1-32-19-11-9-18(10-12-19)29-23(31)20-7-2-3-8-21(20)27-24(29)33-15-22(30)28-26-14-16-5-4-6-17(25)13-16/h2-14H,15H2,1H3,(H,28,30). The molecule has 0 saturated carbocycles. The average molecular weight is 523 g/mol. The molecule has 0 aliphatic carbocycles. The molecule has 1 N–H and O–H groups in total. The normalized spacial score (nSPS) is 11.1. The Kier molecular flexibility index (Phi) is 7.21. The predicted octanol–water partition coefficient (Wildman–Crippen LogP) is 4.40. The monoisotopic (exact) mass is 522 g/mol. The Labute approximate surface area is 202 Å². The van der Waals surface area contributed by atoms with Crippen molar-refractivity contribution in [1.82, 2.24) is 15.0 Å². The Hall–Kier alpha value is -3.43. The van der Waals surface area contributed by atoms with E-state index in [-0.39, 0.29) is 17.2 Å². The highest BCUT2D eigenvalue weighted by atomic mass is 79.9. The van der Waals surface area contributed by atoms with Gasteiger partial charge in [0.25, 0.3) is 11.5 Å². The van der Waals surface area contributed by atoms with Crippen molar-refractivity contribution in [1.29, 1.82) is 0 Å². The van der Waals surface area contributed by atoms with E-state index >= 15 is 0 Å². The van der Waals surface area contributed by atoms with Crippen molar-refractivity contribution >= 4 is 50.7 Å².